The summed E-state index contributed by atoms with van der Waals surface area (Å²) in [5, 5.41) is 157. The highest BCUT2D eigenvalue weighted by Gasteiger charge is 2.60. The maximum atomic E-state index is 13.8. The lowest BCUT2D eigenvalue weighted by molar-refractivity contribution is -0.373. The fourth-order valence-corrected chi connectivity index (χ4v) is 20.2. The Labute approximate surface area is 659 Å². The number of phenolic OH excluding ortho intramolecular Hbond substituents is 1. The van der Waals surface area contributed by atoms with Crippen molar-refractivity contribution in [3.63, 3.8) is 0 Å². The molecule has 32 heteroatoms. The Hall–Kier alpha value is -4.41. The van der Waals surface area contributed by atoms with Crippen molar-refractivity contribution in [3.8, 4) is 5.75 Å². The summed E-state index contributed by atoms with van der Waals surface area (Å²) >= 11 is 0. The van der Waals surface area contributed by atoms with Crippen LogP contribution in [-0.2, 0) is 55.9 Å². The number of amides is 1. The zero-order valence-corrected chi connectivity index (χ0v) is 65.3. The van der Waals surface area contributed by atoms with Gasteiger partial charge in [-0.05, 0) is 147 Å². The summed E-state index contributed by atoms with van der Waals surface area (Å²) in [7, 11) is -1.35. The smallest absolute Gasteiger partial charge is 0.453 e. The third-order valence-electron chi connectivity index (χ3n) is 25.5. The Balaban J connectivity index is 0.000000184. The molecule has 1 amide bonds. The molecule has 3 aromatic carbocycles. The van der Waals surface area contributed by atoms with Crippen molar-refractivity contribution >= 4 is 16.7 Å². The molecule has 26 nitrogen and oxygen atoms in total. The van der Waals surface area contributed by atoms with Gasteiger partial charge >= 0.3 is 12.1 Å². The van der Waals surface area contributed by atoms with E-state index in [0.29, 0.717) is 41.6 Å². The normalized spacial score (nSPS) is 36.9. The van der Waals surface area contributed by atoms with Crippen LogP contribution in [-0.4, -0.2) is 308 Å². The molecule has 7 fully saturated rings. The zero-order chi connectivity index (χ0) is 81.9. The van der Waals surface area contributed by atoms with Crippen molar-refractivity contribution < 1.29 is 136 Å². The second-order valence-electron chi connectivity index (χ2n) is 32.4. The lowest BCUT2D eigenvalue weighted by atomic mass is 9.52. The van der Waals surface area contributed by atoms with Crippen molar-refractivity contribution in [2.45, 2.75) is 269 Å². The molecule has 0 radical (unpaired) electrons. The first-order chi connectivity index (χ1) is 53.8. The molecule has 113 heavy (non-hydrogen) atoms. The maximum Gasteiger partial charge on any atom is 0.453 e. The van der Waals surface area contributed by atoms with Crippen molar-refractivity contribution in [3.05, 3.63) is 113 Å². The van der Waals surface area contributed by atoms with Gasteiger partial charge in [-0.1, -0.05) is 118 Å². The zero-order valence-electron chi connectivity index (χ0n) is 64.5. The van der Waals surface area contributed by atoms with Crippen LogP contribution in [0.1, 0.15) is 145 Å². The number of carbonyl (C=O) groups is 1. The molecule has 5 heterocycles. The molecule has 2 saturated carbocycles. The first-order valence-electron chi connectivity index (χ1n) is 40.2. The van der Waals surface area contributed by atoms with Gasteiger partial charge < -0.3 is 115 Å². The van der Waals surface area contributed by atoms with E-state index in [2.05, 4.69) is 78.7 Å². The molecular weight excluding hydrogens is 1510 g/mol. The molecule has 4 aliphatic carbocycles. The number of nitrogens with one attached hydrogen (secondary N) is 1. The fraction of sp³-hybridized carbons (Fsp3) is 0.741. The number of hydrogen-bond donors (Lipinski definition) is 16. The van der Waals surface area contributed by atoms with Gasteiger partial charge in [-0.15, -0.1) is 0 Å². The highest BCUT2D eigenvalue weighted by molar-refractivity contribution is 7.84. The summed E-state index contributed by atoms with van der Waals surface area (Å²) in [6.07, 6.45) is -19.6. The van der Waals surface area contributed by atoms with Gasteiger partial charge in [0, 0.05) is 60.8 Å². The number of hydrogen-bond acceptors (Lipinski definition) is 25. The summed E-state index contributed by atoms with van der Waals surface area (Å²) in [6.45, 7) is 9.83. The SMILES string of the molecule is CCN1CC(CCN2CCOCC2)C(c2ccccc2)(c2ccccc2)C1=O.C[C@H]1O[C@H](O[C@H]2[C@H](O)[C@@H](O)[C@@H](O[C@H]3[C@H](O)[C@@H](O)[C@H](O)O[C@@H]3CO)O[C@@H]2CO)[C@H](O)[C@@H](O)[C@@H]1N[C@H]1C=C(CO)[C@@H](O)[C@H](O)[C@H]1O.C[C@]12CC[C@@H]3c4ccc(O)cc4C[C@@H](CCCCCCCCCS(=O)CCCC(F)(F)C(F)(F)F)[C@H]3[C@@H]1CC[C@@H]2O. The molecule has 5 aliphatic heterocycles. The minimum absolute atomic E-state index is 0.0195. The molecule has 0 spiro atoms. The molecule has 9 aliphatic rings. The summed E-state index contributed by atoms with van der Waals surface area (Å²) in [4.78, 5) is 18.3. The third-order valence-corrected chi connectivity index (χ3v) is 26.9. The minimum Gasteiger partial charge on any atom is -0.508 e. The van der Waals surface area contributed by atoms with E-state index in [1.54, 1.807) is 0 Å². The number of likely N-dealkylation sites (N-methyl/N-ethyl adjacent to an activating group) is 1. The third kappa shape index (κ3) is 20.7. The Morgan fingerprint density at radius 2 is 1.25 bits per heavy atom. The van der Waals surface area contributed by atoms with Gasteiger partial charge in [0.15, 0.2) is 18.9 Å². The van der Waals surface area contributed by atoms with Crippen molar-refractivity contribution in [1.82, 2.24) is 15.1 Å². The van der Waals surface area contributed by atoms with Gasteiger partial charge in [-0.25, -0.2) is 0 Å². The van der Waals surface area contributed by atoms with Crippen LogP contribution in [0.25, 0.3) is 0 Å². The van der Waals surface area contributed by atoms with Crippen LogP contribution in [0.3, 0.4) is 0 Å². The Morgan fingerprint density at radius 1 is 0.664 bits per heavy atom. The predicted octanol–water partition coefficient (Wildman–Crippen LogP) is 3.29. The standard InChI is InChI=1S/C32H47F5O3S.C25H43NO18.C24H30N2O2/c1-30-17-15-26-25-12-11-24(38)21-23(25)20-22(29(26)27(30)13-14-28(30)39)10-7-5-3-2-4-6-8-18-41(40)19-9-16-31(33,34)32(35,36)37;1-6-11(26-8-2-7(3-27)12(30)15(33)13(8)31)14(32)19(37)24(40-6)43-22-10(5-29)42-25(20(38)17(22)35)44-21-9(4-28)41-23(39)18(36)16(21)34;1-2-26-19-22(13-14-25-15-17-28-18-16-25)24(23(26)27,20-9-5-3-6-10-20)21-11-7-4-8-12-21/h11-12,21-22,26-29,38-39H,2-10,13-20H2,1H3;2,6,8-39H,3-5H2,1H3;3-12,22H,2,13-19H2,1H3/t22-,26-,27+,28+,29-,30+,41?;6-,8+,9-,10-,11-,12-,13+,14+,15+,16-,17-,18-,19-,20-,21-,22-,23-,24-,25-;/m11./s1. The lowest BCUT2D eigenvalue weighted by Crippen LogP contribution is -2.68. The molecule has 12 rings (SSSR count). The molecule has 27 atom stereocenters. The van der Waals surface area contributed by atoms with E-state index in [-0.39, 0.29) is 34.7 Å². The molecule has 2 unspecified atom stereocenters. The number of benzene rings is 3. The number of halogens is 5. The number of phenols is 1. The van der Waals surface area contributed by atoms with Crippen LogP contribution in [0.5, 0.6) is 5.75 Å². The van der Waals surface area contributed by atoms with Crippen molar-refractivity contribution in [2.24, 2.45) is 29.1 Å². The average Bonchev–Trinajstić information content (AvgIpc) is 1.50. The largest absolute Gasteiger partial charge is 0.508 e. The van der Waals surface area contributed by atoms with E-state index in [1.807, 2.05) is 29.2 Å². The molecule has 3 aromatic rings. The lowest BCUT2D eigenvalue weighted by Gasteiger charge is -2.53. The summed E-state index contributed by atoms with van der Waals surface area (Å²) in [6, 6.07) is 24.6. The van der Waals surface area contributed by atoms with E-state index in [4.69, 9.17) is 28.4 Å². The first kappa shape index (κ1) is 90.9. The number of aromatic hydroxyl groups is 1. The number of fused-ring (bicyclic) bond motifs is 5. The Bertz CT molecular complexity index is 3450. The van der Waals surface area contributed by atoms with Gasteiger partial charge in [-0.3, -0.25) is 13.9 Å². The summed E-state index contributed by atoms with van der Waals surface area (Å²) < 4.78 is 107. The van der Waals surface area contributed by atoms with Crippen LogP contribution in [0.4, 0.5) is 22.0 Å². The van der Waals surface area contributed by atoms with Crippen molar-refractivity contribution in [2.75, 3.05) is 77.3 Å². The number of aliphatic hydroxyl groups excluding tert-OH is 14. The molecule has 5 saturated heterocycles. The van der Waals surface area contributed by atoms with Gasteiger partial charge in [-0.2, -0.15) is 22.0 Å². The highest BCUT2D eigenvalue weighted by atomic mass is 32.2. The predicted molar refractivity (Wildman–Crippen MR) is 402 cm³/mol. The van der Waals surface area contributed by atoms with Crippen molar-refractivity contribution in [1.29, 1.82) is 0 Å². The van der Waals surface area contributed by atoms with Crippen LogP contribution in [0.15, 0.2) is 90.5 Å². The number of rotatable bonds is 29. The van der Waals surface area contributed by atoms with Crippen LogP contribution in [0.2, 0.25) is 0 Å². The van der Waals surface area contributed by atoms with Crippen LogP contribution in [0, 0.1) is 29.1 Å². The number of ether oxygens (including phenoxy) is 6. The van der Waals surface area contributed by atoms with Gasteiger partial charge in [0.1, 0.15) is 90.5 Å². The first-order valence-corrected chi connectivity index (χ1v) is 41.7. The van der Waals surface area contributed by atoms with E-state index in [1.165, 1.54) is 24.1 Å². The number of carbonyl (C=O) groups excluding carboxylic acids is 1. The second-order valence-corrected chi connectivity index (χ2v) is 34.1. The molecule has 0 aromatic heterocycles. The van der Waals surface area contributed by atoms with Gasteiger partial charge in [0.2, 0.25) is 5.91 Å². The summed E-state index contributed by atoms with van der Waals surface area (Å²) in [5.74, 6) is -1.41. The van der Waals surface area contributed by atoms with Gasteiger partial charge in [0.25, 0.3) is 0 Å². The van der Waals surface area contributed by atoms with Crippen LogP contribution >= 0.6 is 0 Å². The highest BCUT2D eigenvalue weighted by Crippen LogP contribution is 2.63. The average molecular weight is 1630 g/mol. The molecule has 16 N–H and O–H groups in total. The van der Waals surface area contributed by atoms with Crippen LogP contribution < -0.4 is 5.32 Å². The molecular formula is C81H120F5N3O23S. The quantitative estimate of drug-likeness (QED) is 0.0269. The maximum absolute atomic E-state index is 13.8. The number of morpholine rings is 1. The molecule has 0 bridgehead atoms. The van der Waals surface area contributed by atoms with E-state index in [9.17, 15) is 108 Å². The van der Waals surface area contributed by atoms with E-state index >= 15 is 0 Å². The number of alkyl halides is 5. The van der Waals surface area contributed by atoms with Gasteiger partial charge in [0.05, 0.1) is 57.3 Å². The Morgan fingerprint density at radius 3 is 1.86 bits per heavy atom. The Kier molecular flexibility index (Phi) is 32.6. The number of likely N-dealkylation sites (tertiary alicyclic amines) is 1. The number of unbranched alkanes of at least 4 members (excludes halogenated alkanes) is 6. The molecule has 638 valence electrons. The fourth-order valence-electron chi connectivity index (χ4n) is 19.0. The monoisotopic (exact) mass is 1630 g/mol. The minimum atomic E-state index is -5.54. The second kappa shape index (κ2) is 40.6. The van der Waals surface area contributed by atoms with E-state index < -0.39 is 177 Å². The number of aliphatic hydroxyl groups is 14. The summed E-state index contributed by atoms with van der Waals surface area (Å²) in [5.41, 5.74) is 4.39. The van der Waals surface area contributed by atoms with E-state index in [0.717, 1.165) is 141 Å². The topological polar surface area (TPSA) is 411 Å². The number of nitrogens with zero attached hydrogens (tertiary/aromatic N) is 2.